The Morgan fingerprint density at radius 3 is 2.76 bits per heavy atom. The topological polar surface area (TPSA) is 85.4 Å². The van der Waals surface area contributed by atoms with Gasteiger partial charge in [-0.05, 0) is 45.2 Å². The van der Waals surface area contributed by atoms with E-state index in [1.807, 2.05) is 6.92 Å². The molecule has 0 spiro atoms. The zero-order valence-corrected chi connectivity index (χ0v) is 15.7. The van der Waals surface area contributed by atoms with Crippen molar-refractivity contribution < 1.29 is 17.9 Å². The first-order valence-electron chi connectivity index (χ1n) is 8.13. The molecule has 1 atom stereocenters. The molecule has 1 aliphatic carbocycles. The minimum atomic E-state index is -3.66. The van der Waals surface area contributed by atoms with Crippen LogP contribution in [0.5, 0.6) is 0 Å². The predicted molar refractivity (Wildman–Crippen MR) is 96.2 cm³/mol. The number of carbonyl (C=O) groups excluding carboxylic acids is 1. The molecule has 0 fully saturated rings. The van der Waals surface area contributed by atoms with Crippen LogP contribution in [-0.2, 0) is 32.4 Å². The molecule has 3 rings (SSSR count). The van der Waals surface area contributed by atoms with E-state index in [-0.39, 0.29) is 16.8 Å². The van der Waals surface area contributed by atoms with Crippen molar-refractivity contribution in [3.05, 3.63) is 40.4 Å². The Morgan fingerprint density at radius 1 is 1.36 bits per heavy atom. The van der Waals surface area contributed by atoms with Gasteiger partial charge in [-0.15, -0.1) is 11.3 Å². The minimum Gasteiger partial charge on any atom is -0.466 e. The highest BCUT2D eigenvalue weighted by molar-refractivity contribution is 7.93. The number of aromatic nitrogens is 1. The Balaban J connectivity index is 1.76. The first kappa shape index (κ1) is 17.9. The fourth-order valence-electron chi connectivity index (χ4n) is 2.77. The maximum absolute atomic E-state index is 12.5. The number of aryl methyl sites for hydroxylation is 2. The molecule has 8 heteroatoms. The highest BCUT2D eigenvalue weighted by Gasteiger charge is 2.29. The number of ether oxygens (including phenoxy) is 1. The minimum absolute atomic E-state index is 0.172. The molecule has 134 valence electrons. The van der Waals surface area contributed by atoms with Gasteiger partial charge in [0.25, 0.3) is 10.0 Å². The molecular weight excluding hydrogens is 360 g/mol. The molecule has 1 aromatic carbocycles. The van der Waals surface area contributed by atoms with Crippen LogP contribution >= 0.6 is 11.3 Å². The molecule has 0 radical (unpaired) electrons. The number of carbonyl (C=O) groups is 1. The summed E-state index contributed by atoms with van der Waals surface area (Å²) in [7, 11) is -3.66. The van der Waals surface area contributed by atoms with Crippen molar-refractivity contribution in [2.24, 2.45) is 5.92 Å². The average molecular weight is 380 g/mol. The first-order valence-corrected chi connectivity index (χ1v) is 10.4. The summed E-state index contributed by atoms with van der Waals surface area (Å²) in [5, 5.41) is 0.343. The molecule has 1 N–H and O–H groups in total. The van der Waals surface area contributed by atoms with Crippen LogP contribution in [0.15, 0.2) is 29.2 Å². The third kappa shape index (κ3) is 4.01. The van der Waals surface area contributed by atoms with Crippen molar-refractivity contribution in [2.75, 3.05) is 11.3 Å². The van der Waals surface area contributed by atoms with E-state index in [0.717, 1.165) is 16.1 Å². The summed E-state index contributed by atoms with van der Waals surface area (Å²) in [6, 6.07) is 6.65. The summed E-state index contributed by atoms with van der Waals surface area (Å²) in [6.07, 6.45) is 1.89. The zero-order valence-electron chi connectivity index (χ0n) is 14.1. The number of nitrogens with one attached hydrogen (secondary N) is 1. The molecule has 0 saturated carbocycles. The van der Waals surface area contributed by atoms with Crippen LogP contribution in [0, 0.1) is 12.8 Å². The van der Waals surface area contributed by atoms with Gasteiger partial charge in [-0.1, -0.05) is 17.7 Å². The fraction of sp³-hybridized carbons (Fsp3) is 0.412. The summed E-state index contributed by atoms with van der Waals surface area (Å²) in [5.41, 5.74) is 1.86. The standard InChI is InChI=1S/C17H20N2O4S2/c1-3-23-16(20)12-6-9-14-15(10-12)24-17(18-14)19-25(21,22)13-7-4-11(2)5-8-13/h4-5,7-8,12H,3,6,9-10H2,1-2H3,(H,18,19). The van der Waals surface area contributed by atoms with Crippen LogP contribution in [0.25, 0.3) is 0 Å². The second kappa shape index (κ2) is 7.13. The van der Waals surface area contributed by atoms with Crippen LogP contribution < -0.4 is 4.72 Å². The highest BCUT2D eigenvalue weighted by atomic mass is 32.2. The van der Waals surface area contributed by atoms with Gasteiger partial charge >= 0.3 is 5.97 Å². The number of anilines is 1. The van der Waals surface area contributed by atoms with E-state index in [0.29, 0.717) is 31.0 Å². The first-order chi connectivity index (χ1) is 11.9. The third-order valence-corrected chi connectivity index (χ3v) is 6.63. The monoisotopic (exact) mass is 380 g/mol. The Bertz CT molecular complexity index is 873. The maximum Gasteiger partial charge on any atom is 0.309 e. The summed E-state index contributed by atoms with van der Waals surface area (Å²) in [5.74, 6) is -0.363. The average Bonchev–Trinajstić information content (AvgIpc) is 2.95. The molecule has 6 nitrogen and oxygen atoms in total. The molecule has 1 aromatic heterocycles. The second-order valence-corrected chi connectivity index (χ2v) is 8.77. The number of nitrogens with zero attached hydrogens (tertiary/aromatic N) is 1. The van der Waals surface area contributed by atoms with Crippen molar-refractivity contribution >= 4 is 32.5 Å². The lowest BCUT2D eigenvalue weighted by Gasteiger charge is -2.18. The summed E-state index contributed by atoms with van der Waals surface area (Å²) >= 11 is 1.29. The van der Waals surface area contributed by atoms with Gasteiger partial charge in [-0.25, -0.2) is 13.4 Å². The second-order valence-electron chi connectivity index (χ2n) is 6.00. The van der Waals surface area contributed by atoms with Crippen LogP contribution in [-0.4, -0.2) is 26.0 Å². The Kier molecular flexibility index (Phi) is 5.10. The van der Waals surface area contributed by atoms with E-state index < -0.39 is 10.0 Å². The van der Waals surface area contributed by atoms with Crippen molar-refractivity contribution in [3.8, 4) is 0 Å². The zero-order chi connectivity index (χ0) is 18.0. The number of rotatable bonds is 5. The quantitative estimate of drug-likeness (QED) is 0.806. The molecule has 1 aliphatic rings. The van der Waals surface area contributed by atoms with Crippen LogP contribution in [0.4, 0.5) is 5.13 Å². The number of thiazole rings is 1. The van der Waals surface area contributed by atoms with Crippen LogP contribution in [0.3, 0.4) is 0 Å². The highest BCUT2D eigenvalue weighted by Crippen LogP contribution is 2.33. The Morgan fingerprint density at radius 2 is 2.08 bits per heavy atom. The molecule has 0 aliphatic heterocycles. The Labute approximate surface area is 151 Å². The maximum atomic E-state index is 12.5. The third-order valence-electron chi connectivity index (χ3n) is 4.11. The van der Waals surface area contributed by atoms with Gasteiger partial charge in [0.1, 0.15) is 0 Å². The van der Waals surface area contributed by atoms with Gasteiger partial charge < -0.3 is 4.74 Å². The van der Waals surface area contributed by atoms with E-state index in [9.17, 15) is 13.2 Å². The van der Waals surface area contributed by atoms with Crippen molar-refractivity contribution in [1.29, 1.82) is 0 Å². The summed E-state index contributed by atoms with van der Waals surface area (Å²) in [6.45, 7) is 4.06. The van der Waals surface area contributed by atoms with Gasteiger partial charge in [-0.3, -0.25) is 9.52 Å². The van der Waals surface area contributed by atoms with E-state index in [1.165, 1.54) is 11.3 Å². The van der Waals surface area contributed by atoms with Crippen molar-refractivity contribution in [3.63, 3.8) is 0 Å². The molecular formula is C17H20N2O4S2. The molecule has 0 bridgehead atoms. The smallest absolute Gasteiger partial charge is 0.309 e. The lowest BCUT2D eigenvalue weighted by atomic mass is 9.91. The van der Waals surface area contributed by atoms with Crippen LogP contribution in [0.1, 0.15) is 29.5 Å². The van der Waals surface area contributed by atoms with Crippen LogP contribution in [0.2, 0.25) is 0 Å². The number of hydrogen-bond donors (Lipinski definition) is 1. The largest absolute Gasteiger partial charge is 0.466 e. The van der Waals surface area contributed by atoms with E-state index in [2.05, 4.69) is 9.71 Å². The normalized spacial score (nSPS) is 17.0. The van der Waals surface area contributed by atoms with E-state index in [1.54, 1.807) is 31.2 Å². The lowest BCUT2D eigenvalue weighted by molar-refractivity contribution is -0.148. The SMILES string of the molecule is CCOC(=O)C1CCc2nc(NS(=O)(=O)c3ccc(C)cc3)sc2C1. The van der Waals surface area contributed by atoms with Crippen molar-refractivity contribution in [2.45, 2.75) is 38.0 Å². The van der Waals surface area contributed by atoms with Crippen molar-refractivity contribution in [1.82, 2.24) is 4.98 Å². The fourth-order valence-corrected chi connectivity index (χ4v) is 5.09. The number of benzene rings is 1. The van der Waals surface area contributed by atoms with Gasteiger partial charge in [0, 0.05) is 4.88 Å². The molecule has 0 saturated heterocycles. The summed E-state index contributed by atoms with van der Waals surface area (Å²) in [4.78, 5) is 17.5. The molecule has 2 aromatic rings. The Hall–Kier alpha value is -1.93. The number of hydrogen-bond acceptors (Lipinski definition) is 6. The van der Waals surface area contributed by atoms with E-state index in [4.69, 9.17) is 4.74 Å². The number of fused-ring (bicyclic) bond motifs is 1. The van der Waals surface area contributed by atoms with E-state index >= 15 is 0 Å². The predicted octanol–water partition coefficient (Wildman–Crippen LogP) is 2.92. The van der Waals surface area contributed by atoms with Gasteiger partial charge in [0.2, 0.25) is 0 Å². The molecule has 25 heavy (non-hydrogen) atoms. The lowest BCUT2D eigenvalue weighted by Crippen LogP contribution is -2.24. The molecule has 1 unspecified atom stereocenters. The molecule has 0 amide bonds. The summed E-state index contributed by atoms with van der Waals surface area (Å²) < 4.78 is 32.6. The molecule has 1 heterocycles. The van der Waals surface area contributed by atoms with Gasteiger partial charge in [0.15, 0.2) is 5.13 Å². The van der Waals surface area contributed by atoms with Gasteiger partial charge in [-0.2, -0.15) is 0 Å². The number of esters is 1. The number of sulfonamides is 1. The van der Waals surface area contributed by atoms with Gasteiger partial charge in [0.05, 0.1) is 23.1 Å².